The molecule has 1 aromatic rings. The Hall–Kier alpha value is -0.770. The molecule has 0 saturated carbocycles. The van der Waals surface area contributed by atoms with E-state index < -0.39 is 0 Å². The van der Waals surface area contributed by atoms with Gasteiger partial charge in [0.2, 0.25) is 0 Å². The molecular weight excluding hydrogens is 212 g/mol. The molecular formula is C11H17ClN2O. The van der Waals surface area contributed by atoms with Crippen LogP contribution >= 0.6 is 11.6 Å². The Kier molecular flexibility index (Phi) is 4.88. The van der Waals surface area contributed by atoms with Crippen LogP contribution < -0.4 is 11.5 Å². The van der Waals surface area contributed by atoms with E-state index >= 15 is 0 Å². The van der Waals surface area contributed by atoms with Gasteiger partial charge in [-0.05, 0) is 37.6 Å². The Morgan fingerprint density at radius 3 is 2.73 bits per heavy atom. The third-order valence-electron chi connectivity index (χ3n) is 2.36. The molecule has 1 rings (SSSR count). The van der Waals surface area contributed by atoms with Crippen LogP contribution in [0.1, 0.15) is 30.9 Å². The minimum Gasteiger partial charge on any atom is -0.508 e. The van der Waals surface area contributed by atoms with Gasteiger partial charge in [0, 0.05) is 16.6 Å². The molecule has 1 atom stereocenters. The molecule has 0 aliphatic rings. The normalized spacial score (nSPS) is 12.7. The predicted molar refractivity (Wildman–Crippen MR) is 63.0 cm³/mol. The fourth-order valence-corrected chi connectivity index (χ4v) is 1.67. The minimum atomic E-state index is -0.171. The lowest BCUT2D eigenvalue weighted by molar-refractivity contribution is 0.456. The number of phenols is 1. The number of nitrogens with two attached hydrogens (primary N) is 2. The van der Waals surface area contributed by atoms with E-state index in [1.165, 1.54) is 0 Å². The molecule has 0 heterocycles. The number of aromatic hydroxyl groups is 1. The molecule has 0 amide bonds. The number of unbranched alkanes of at least 4 members (excludes halogenated alkanes) is 1. The van der Waals surface area contributed by atoms with E-state index in [9.17, 15) is 5.11 Å². The molecule has 1 aromatic carbocycles. The first-order valence-corrected chi connectivity index (χ1v) is 5.47. The van der Waals surface area contributed by atoms with Crippen molar-refractivity contribution in [1.29, 1.82) is 0 Å². The summed E-state index contributed by atoms with van der Waals surface area (Å²) in [4.78, 5) is 0. The summed E-state index contributed by atoms with van der Waals surface area (Å²) in [5.74, 6) is 0.208. The Labute approximate surface area is 95.0 Å². The second kappa shape index (κ2) is 5.95. The van der Waals surface area contributed by atoms with Crippen LogP contribution in [0, 0.1) is 0 Å². The molecule has 15 heavy (non-hydrogen) atoms. The van der Waals surface area contributed by atoms with Gasteiger partial charge in [0.1, 0.15) is 5.75 Å². The van der Waals surface area contributed by atoms with Gasteiger partial charge in [-0.15, -0.1) is 0 Å². The van der Waals surface area contributed by atoms with Crippen LogP contribution in [0.3, 0.4) is 0 Å². The zero-order valence-corrected chi connectivity index (χ0v) is 9.37. The molecule has 0 unspecified atom stereocenters. The van der Waals surface area contributed by atoms with Gasteiger partial charge in [-0.1, -0.05) is 18.0 Å². The average Bonchev–Trinajstić information content (AvgIpc) is 2.22. The van der Waals surface area contributed by atoms with Crippen molar-refractivity contribution in [1.82, 2.24) is 0 Å². The highest BCUT2D eigenvalue weighted by Gasteiger charge is 2.10. The molecule has 84 valence electrons. The molecule has 3 nitrogen and oxygen atoms in total. The zero-order chi connectivity index (χ0) is 11.3. The first kappa shape index (κ1) is 12.3. The van der Waals surface area contributed by atoms with Gasteiger partial charge in [-0.2, -0.15) is 0 Å². The molecule has 4 heteroatoms. The van der Waals surface area contributed by atoms with Crippen molar-refractivity contribution in [3.05, 3.63) is 28.8 Å². The van der Waals surface area contributed by atoms with Gasteiger partial charge in [0.15, 0.2) is 0 Å². The SMILES string of the molecule is NCCCC[C@H](N)c1cc(Cl)ccc1O. The van der Waals surface area contributed by atoms with E-state index in [0.717, 1.165) is 19.3 Å². The number of hydrogen-bond donors (Lipinski definition) is 3. The summed E-state index contributed by atoms with van der Waals surface area (Å²) in [7, 11) is 0. The van der Waals surface area contributed by atoms with Crippen molar-refractivity contribution in [2.24, 2.45) is 11.5 Å². The van der Waals surface area contributed by atoms with Crippen LogP contribution in [0.2, 0.25) is 5.02 Å². The third kappa shape index (κ3) is 3.70. The summed E-state index contributed by atoms with van der Waals surface area (Å²) in [5, 5.41) is 10.2. The van der Waals surface area contributed by atoms with Crippen LogP contribution in [-0.4, -0.2) is 11.7 Å². The maximum atomic E-state index is 9.60. The second-order valence-electron chi connectivity index (χ2n) is 3.59. The van der Waals surface area contributed by atoms with Crippen molar-refractivity contribution >= 4 is 11.6 Å². The summed E-state index contributed by atoms with van der Waals surface area (Å²) in [6, 6.07) is 4.76. The molecule has 0 aliphatic heterocycles. The van der Waals surface area contributed by atoms with E-state index in [2.05, 4.69) is 0 Å². The van der Waals surface area contributed by atoms with Crippen molar-refractivity contribution in [2.75, 3.05) is 6.54 Å². The van der Waals surface area contributed by atoms with E-state index in [-0.39, 0.29) is 11.8 Å². The molecule has 5 N–H and O–H groups in total. The Balaban J connectivity index is 2.64. The molecule has 0 radical (unpaired) electrons. The van der Waals surface area contributed by atoms with Crippen molar-refractivity contribution in [3.63, 3.8) is 0 Å². The lowest BCUT2D eigenvalue weighted by Crippen LogP contribution is -2.11. The highest BCUT2D eigenvalue weighted by molar-refractivity contribution is 6.30. The topological polar surface area (TPSA) is 72.3 Å². The highest BCUT2D eigenvalue weighted by atomic mass is 35.5. The van der Waals surface area contributed by atoms with Crippen LogP contribution in [0.5, 0.6) is 5.75 Å². The first-order valence-electron chi connectivity index (χ1n) is 5.09. The number of halogens is 1. The van der Waals surface area contributed by atoms with E-state index in [1.54, 1.807) is 18.2 Å². The van der Waals surface area contributed by atoms with Crippen molar-refractivity contribution in [2.45, 2.75) is 25.3 Å². The fourth-order valence-electron chi connectivity index (χ4n) is 1.49. The predicted octanol–water partition coefficient (Wildman–Crippen LogP) is 2.17. The summed E-state index contributed by atoms with van der Waals surface area (Å²) in [6.07, 6.45) is 2.73. The maximum absolute atomic E-state index is 9.60. The highest BCUT2D eigenvalue weighted by Crippen LogP contribution is 2.28. The van der Waals surface area contributed by atoms with Gasteiger partial charge in [0.05, 0.1) is 0 Å². The van der Waals surface area contributed by atoms with Gasteiger partial charge in [-0.25, -0.2) is 0 Å². The van der Waals surface area contributed by atoms with Crippen molar-refractivity contribution in [3.8, 4) is 5.75 Å². The zero-order valence-electron chi connectivity index (χ0n) is 8.62. The Morgan fingerprint density at radius 1 is 1.33 bits per heavy atom. The van der Waals surface area contributed by atoms with Gasteiger partial charge >= 0.3 is 0 Å². The smallest absolute Gasteiger partial charge is 0.120 e. The third-order valence-corrected chi connectivity index (χ3v) is 2.59. The average molecular weight is 229 g/mol. The Bertz CT molecular complexity index is 317. The molecule has 0 fully saturated rings. The largest absolute Gasteiger partial charge is 0.508 e. The van der Waals surface area contributed by atoms with Crippen LogP contribution in [0.4, 0.5) is 0 Å². The molecule has 0 bridgehead atoms. The summed E-state index contributed by atoms with van der Waals surface area (Å²) >= 11 is 5.84. The first-order chi connectivity index (χ1) is 7.15. The maximum Gasteiger partial charge on any atom is 0.120 e. The van der Waals surface area contributed by atoms with Crippen LogP contribution in [-0.2, 0) is 0 Å². The quantitative estimate of drug-likeness (QED) is 0.677. The van der Waals surface area contributed by atoms with Gasteiger partial charge in [0.25, 0.3) is 0 Å². The molecule has 0 saturated heterocycles. The summed E-state index contributed by atoms with van der Waals surface area (Å²) in [5.41, 5.74) is 12.1. The standard InChI is InChI=1S/C11H17ClN2O/c12-8-4-5-11(15)9(7-8)10(14)3-1-2-6-13/h4-5,7,10,15H,1-3,6,13-14H2/t10-/m0/s1. The Morgan fingerprint density at radius 2 is 2.07 bits per heavy atom. The molecule has 0 aliphatic carbocycles. The summed E-state index contributed by atoms with van der Waals surface area (Å²) in [6.45, 7) is 0.675. The summed E-state index contributed by atoms with van der Waals surface area (Å²) < 4.78 is 0. The van der Waals surface area contributed by atoms with Crippen molar-refractivity contribution < 1.29 is 5.11 Å². The number of rotatable bonds is 5. The van der Waals surface area contributed by atoms with Gasteiger partial charge in [-0.3, -0.25) is 0 Å². The number of benzene rings is 1. The molecule has 0 spiro atoms. The lowest BCUT2D eigenvalue weighted by atomic mass is 10.0. The van der Waals surface area contributed by atoms with Gasteiger partial charge < -0.3 is 16.6 Å². The lowest BCUT2D eigenvalue weighted by Gasteiger charge is -2.13. The second-order valence-corrected chi connectivity index (χ2v) is 4.03. The number of phenolic OH excluding ortho intramolecular Hbond substituents is 1. The number of hydrogen-bond acceptors (Lipinski definition) is 3. The van der Waals surface area contributed by atoms with Crippen LogP contribution in [0.25, 0.3) is 0 Å². The fraction of sp³-hybridized carbons (Fsp3) is 0.455. The van der Waals surface area contributed by atoms with Crippen LogP contribution in [0.15, 0.2) is 18.2 Å². The van der Waals surface area contributed by atoms with E-state index in [4.69, 9.17) is 23.1 Å². The molecule has 0 aromatic heterocycles. The van der Waals surface area contributed by atoms with E-state index in [1.807, 2.05) is 0 Å². The monoisotopic (exact) mass is 228 g/mol. The minimum absolute atomic E-state index is 0.171. The van der Waals surface area contributed by atoms with E-state index in [0.29, 0.717) is 17.1 Å².